The van der Waals surface area contributed by atoms with Crippen molar-refractivity contribution in [2.24, 2.45) is 0 Å². The Bertz CT molecular complexity index is 1050. The molecule has 30 heavy (non-hydrogen) atoms. The van der Waals surface area contributed by atoms with Gasteiger partial charge in [0.25, 0.3) is 0 Å². The van der Waals surface area contributed by atoms with Crippen molar-refractivity contribution in [2.45, 2.75) is 25.9 Å². The number of nitrogens with zero attached hydrogens (tertiary/aromatic N) is 3. The predicted octanol–water partition coefficient (Wildman–Crippen LogP) is 3.66. The number of aromatic nitrogens is 3. The Morgan fingerprint density at radius 1 is 1.10 bits per heavy atom. The molecule has 0 bridgehead atoms. The lowest BCUT2D eigenvalue weighted by Gasteiger charge is -2.12. The van der Waals surface area contributed by atoms with E-state index in [2.05, 4.69) is 20.8 Å². The van der Waals surface area contributed by atoms with Gasteiger partial charge in [-0.05, 0) is 44.2 Å². The van der Waals surface area contributed by atoms with E-state index in [1.165, 1.54) is 18.7 Å². The van der Waals surface area contributed by atoms with Crippen LogP contribution < -0.4 is 15.4 Å². The number of anilines is 2. The van der Waals surface area contributed by atoms with Gasteiger partial charge >= 0.3 is 0 Å². The Morgan fingerprint density at radius 2 is 1.90 bits per heavy atom. The van der Waals surface area contributed by atoms with Gasteiger partial charge in [-0.1, -0.05) is 30.0 Å². The number of benzene rings is 2. The third-order valence-electron chi connectivity index (χ3n) is 4.01. The van der Waals surface area contributed by atoms with Crippen LogP contribution in [0.2, 0.25) is 0 Å². The first-order chi connectivity index (χ1) is 14.5. The Morgan fingerprint density at radius 3 is 2.67 bits per heavy atom. The molecule has 0 saturated heterocycles. The molecule has 9 heteroatoms. The Labute approximate surface area is 179 Å². The fourth-order valence-corrected chi connectivity index (χ4v) is 3.62. The van der Waals surface area contributed by atoms with Gasteiger partial charge in [-0.15, -0.1) is 10.2 Å². The van der Waals surface area contributed by atoms with Crippen LogP contribution in [0.15, 0.2) is 53.7 Å². The SMILES string of the molecule is CCOc1ccccc1NC(=O)CSc1nnc(C)n1-c1cccc(NC(C)=O)c1. The van der Waals surface area contributed by atoms with Crippen LogP contribution in [-0.2, 0) is 9.59 Å². The summed E-state index contributed by atoms with van der Waals surface area (Å²) >= 11 is 1.28. The lowest BCUT2D eigenvalue weighted by Crippen LogP contribution is -2.15. The van der Waals surface area contributed by atoms with Crippen LogP contribution in [0.4, 0.5) is 11.4 Å². The molecule has 0 unspecified atom stereocenters. The summed E-state index contributed by atoms with van der Waals surface area (Å²) in [7, 11) is 0. The van der Waals surface area contributed by atoms with E-state index < -0.39 is 0 Å². The van der Waals surface area contributed by atoms with Gasteiger partial charge in [0.15, 0.2) is 5.16 Å². The molecule has 0 saturated carbocycles. The van der Waals surface area contributed by atoms with E-state index >= 15 is 0 Å². The minimum absolute atomic E-state index is 0.147. The van der Waals surface area contributed by atoms with Crippen molar-refractivity contribution < 1.29 is 14.3 Å². The summed E-state index contributed by atoms with van der Waals surface area (Å²) in [6.45, 7) is 5.70. The van der Waals surface area contributed by atoms with Crippen molar-refractivity contribution in [1.82, 2.24) is 14.8 Å². The van der Waals surface area contributed by atoms with E-state index in [0.717, 1.165) is 5.69 Å². The first kappa shape index (κ1) is 21.4. The van der Waals surface area contributed by atoms with Crippen LogP contribution in [-0.4, -0.2) is 38.9 Å². The van der Waals surface area contributed by atoms with Gasteiger partial charge in [0.1, 0.15) is 11.6 Å². The van der Waals surface area contributed by atoms with Gasteiger partial charge in [0.05, 0.1) is 23.7 Å². The van der Waals surface area contributed by atoms with Gasteiger partial charge in [0, 0.05) is 12.6 Å². The maximum absolute atomic E-state index is 12.5. The van der Waals surface area contributed by atoms with E-state index in [9.17, 15) is 9.59 Å². The molecule has 0 radical (unpaired) electrons. The minimum atomic E-state index is -0.175. The zero-order valence-electron chi connectivity index (χ0n) is 17.0. The number of hydrogen-bond acceptors (Lipinski definition) is 6. The molecule has 8 nitrogen and oxygen atoms in total. The maximum atomic E-state index is 12.5. The lowest BCUT2D eigenvalue weighted by atomic mass is 10.2. The second kappa shape index (κ2) is 9.93. The number of para-hydroxylation sites is 2. The van der Waals surface area contributed by atoms with E-state index in [1.807, 2.05) is 54.8 Å². The summed E-state index contributed by atoms with van der Waals surface area (Å²) in [4.78, 5) is 23.8. The van der Waals surface area contributed by atoms with Crippen LogP contribution in [0.25, 0.3) is 5.69 Å². The Hall–Kier alpha value is -3.33. The first-order valence-electron chi connectivity index (χ1n) is 9.42. The zero-order valence-corrected chi connectivity index (χ0v) is 17.8. The molecule has 0 aliphatic carbocycles. The standard InChI is InChI=1S/C21H23N5O3S/c1-4-29-19-11-6-5-10-18(19)23-20(28)13-30-21-25-24-14(2)26(21)17-9-7-8-16(12-17)22-15(3)27/h5-12H,4,13H2,1-3H3,(H,22,27)(H,23,28). The van der Waals surface area contributed by atoms with Crippen molar-refractivity contribution in [2.75, 3.05) is 23.0 Å². The normalized spacial score (nSPS) is 10.5. The Kier molecular flexibility index (Phi) is 7.08. The van der Waals surface area contributed by atoms with Gasteiger partial charge in [0.2, 0.25) is 11.8 Å². The molecule has 2 N–H and O–H groups in total. The smallest absolute Gasteiger partial charge is 0.234 e. The third-order valence-corrected chi connectivity index (χ3v) is 4.94. The van der Waals surface area contributed by atoms with Crippen molar-refractivity contribution in [3.05, 3.63) is 54.4 Å². The molecule has 1 aromatic heterocycles. The second-order valence-electron chi connectivity index (χ2n) is 6.36. The van der Waals surface area contributed by atoms with Crippen LogP contribution in [0, 0.1) is 6.92 Å². The molecule has 0 aliphatic heterocycles. The first-order valence-corrected chi connectivity index (χ1v) is 10.4. The molecular weight excluding hydrogens is 402 g/mol. The number of hydrogen-bond donors (Lipinski definition) is 2. The molecule has 0 atom stereocenters. The summed E-state index contributed by atoms with van der Waals surface area (Å²) in [5, 5.41) is 14.5. The van der Waals surface area contributed by atoms with E-state index in [4.69, 9.17) is 4.74 Å². The quantitative estimate of drug-likeness (QED) is 0.535. The minimum Gasteiger partial charge on any atom is -0.492 e. The predicted molar refractivity (Wildman–Crippen MR) is 117 cm³/mol. The number of aryl methyl sites for hydroxylation is 1. The number of nitrogens with one attached hydrogen (secondary N) is 2. The third kappa shape index (κ3) is 5.38. The van der Waals surface area contributed by atoms with Crippen LogP contribution in [0.1, 0.15) is 19.7 Å². The topological polar surface area (TPSA) is 98.1 Å². The number of amides is 2. The van der Waals surface area contributed by atoms with Crippen molar-refractivity contribution in [1.29, 1.82) is 0 Å². The lowest BCUT2D eigenvalue weighted by molar-refractivity contribution is -0.114. The monoisotopic (exact) mass is 425 g/mol. The van der Waals surface area contributed by atoms with Crippen LogP contribution in [0.3, 0.4) is 0 Å². The van der Waals surface area contributed by atoms with Crippen molar-refractivity contribution in [3.63, 3.8) is 0 Å². The van der Waals surface area contributed by atoms with Crippen molar-refractivity contribution in [3.8, 4) is 11.4 Å². The molecule has 1 heterocycles. The molecule has 2 amide bonds. The summed E-state index contributed by atoms with van der Waals surface area (Å²) in [6, 6.07) is 14.7. The van der Waals surface area contributed by atoms with Crippen LogP contribution in [0.5, 0.6) is 5.75 Å². The molecule has 2 aromatic carbocycles. The van der Waals surface area contributed by atoms with E-state index in [-0.39, 0.29) is 17.6 Å². The molecule has 3 aromatic rings. The molecule has 0 fully saturated rings. The average molecular weight is 426 g/mol. The maximum Gasteiger partial charge on any atom is 0.234 e. The average Bonchev–Trinajstić information content (AvgIpc) is 3.08. The number of rotatable bonds is 8. The van der Waals surface area contributed by atoms with Crippen molar-refractivity contribution >= 4 is 35.0 Å². The summed E-state index contributed by atoms with van der Waals surface area (Å²) < 4.78 is 7.39. The van der Waals surface area contributed by atoms with Gasteiger partial charge in [-0.2, -0.15) is 0 Å². The highest BCUT2D eigenvalue weighted by molar-refractivity contribution is 7.99. The second-order valence-corrected chi connectivity index (χ2v) is 7.31. The highest BCUT2D eigenvalue weighted by Gasteiger charge is 2.15. The highest BCUT2D eigenvalue weighted by Crippen LogP contribution is 2.26. The van der Waals surface area contributed by atoms with Gasteiger partial charge in [-0.3, -0.25) is 14.2 Å². The summed E-state index contributed by atoms with van der Waals surface area (Å²) in [6.07, 6.45) is 0. The van der Waals surface area contributed by atoms with E-state index in [1.54, 1.807) is 12.1 Å². The number of ether oxygens (including phenoxy) is 1. The molecule has 3 rings (SSSR count). The summed E-state index contributed by atoms with van der Waals surface area (Å²) in [5.41, 5.74) is 2.10. The highest BCUT2D eigenvalue weighted by atomic mass is 32.2. The zero-order chi connectivity index (χ0) is 21.5. The number of carbonyl (C=O) groups is 2. The molecule has 156 valence electrons. The number of carbonyl (C=O) groups excluding carboxylic acids is 2. The van der Waals surface area contributed by atoms with Crippen LogP contribution >= 0.6 is 11.8 Å². The molecule has 0 aliphatic rings. The Balaban J connectivity index is 1.72. The largest absolute Gasteiger partial charge is 0.492 e. The fourth-order valence-electron chi connectivity index (χ4n) is 2.83. The molecular formula is C21H23N5O3S. The summed E-state index contributed by atoms with van der Waals surface area (Å²) in [5.74, 6) is 1.15. The molecule has 0 spiro atoms. The van der Waals surface area contributed by atoms with E-state index in [0.29, 0.717) is 34.7 Å². The van der Waals surface area contributed by atoms with Gasteiger partial charge in [-0.25, -0.2) is 0 Å². The fraction of sp³-hybridized carbons (Fsp3) is 0.238. The van der Waals surface area contributed by atoms with Gasteiger partial charge < -0.3 is 15.4 Å². The number of thioether (sulfide) groups is 1.